The van der Waals surface area contributed by atoms with Gasteiger partial charge in [0.05, 0.1) is 11.0 Å². The van der Waals surface area contributed by atoms with Crippen molar-refractivity contribution >= 4 is 11.0 Å². The highest BCUT2D eigenvalue weighted by Crippen LogP contribution is 2.20. The second kappa shape index (κ2) is 6.86. The van der Waals surface area contributed by atoms with Crippen LogP contribution >= 0.6 is 0 Å². The molecule has 0 bridgehead atoms. The highest BCUT2D eigenvalue weighted by Gasteiger charge is 2.10. The SMILES string of the molecule is CC#CCC(NCCC)c1ccc2nccnc2c1. The van der Waals surface area contributed by atoms with Gasteiger partial charge in [-0.25, -0.2) is 0 Å². The van der Waals surface area contributed by atoms with Gasteiger partial charge in [0.15, 0.2) is 0 Å². The summed E-state index contributed by atoms with van der Waals surface area (Å²) in [6.45, 7) is 5.04. The summed E-state index contributed by atoms with van der Waals surface area (Å²) in [5, 5.41) is 3.53. The van der Waals surface area contributed by atoms with Gasteiger partial charge in [0, 0.05) is 24.9 Å². The number of hydrogen-bond acceptors (Lipinski definition) is 3. The molecular formula is C16H19N3. The van der Waals surface area contributed by atoms with Gasteiger partial charge in [-0.1, -0.05) is 13.0 Å². The maximum Gasteiger partial charge on any atom is 0.0890 e. The topological polar surface area (TPSA) is 37.8 Å². The summed E-state index contributed by atoms with van der Waals surface area (Å²) in [4.78, 5) is 8.65. The lowest BCUT2D eigenvalue weighted by Gasteiger charge is -2.16. The molecule has 0 saturated heterocycles. The van der Waals surface area contributed by atoms with Crippen LogP contribution in [0.1, 0.15) is 38.3 Å². The van der Waals surface area contributed by atoms with Crippen LogP contribution in [0.5, 0.6) is 0 Å². The van der Waals surface area contributed by atoms with Crippen molar-refractivity contribution < 1.29 is 0 Å². The lowest BCUT2D eigenvalue weighted by molar-refractivity contribution is 0.543. The molecule has 0 saturated carbocycles. The summed E-state index contributed by atoms with van der Waals surface area (Å²) >= 11 is 0. The summed E-state index contributed by atoms with van der Waals surface area (Å²) in [7, 11) is 0. The summed E-state index contributed by atoms with van der Waals surface area (Å²) in [6, 6.07) is 6.51. The Labute approximate surface area is 114 Å². The van der Waals surface area contributed by atoms with E-state index in [0.29, 0.717) is 0 Å². The molecule has 1 atom stereocenters. The van der Waals surface area contributed by atoms with E-state index >= 15 is 0 Å². The number of aromatic nitrogens is 2. The zero-order valence-electron chi connectivity index (χ0n) is 11.5. The molecule has 0 aliphatic carbocycles. The molecule has 0 spiro atoms. The first-order chi connectivity index (χ1) is 9.35. The molecule has 0 amide bonds. The van der Waals surface area contributed by atoms with Crippen molar-refractivity contribution in [2.45, 2.75) is 32.7 Å². The van der Waals surface area contributed by atoms with Crippen LogP contribution in [-0.4, -0.2) is 16.5 Å². The fourth-order valence-corrected chi connectivity index (χ4v) is 2.03. The van der Waals surface area contributed by atoms with E-state index in [9.17, 15) is 0 Å². The number of rotatable bonds is 5. The average Bonchev–Trinajstić information content (AvgIpc) is 2.47. The van der Waals surface area contributed by atoms with E-state index in [1.165, 1.54) is 5.56 Å². The third kappa shape index (κ3) is 3.52. The third-order valence-electron chi connectivity index (χ3n) is 3.02. The largest absolute Gasteiger partial charge is 0.309 e. The Hall–Kier alpha value is -1.92. The Kier molecular flexibility index (Phi) is 4.88. The quantitative estimate of drug-likeness (QED) is 0.832. The van der Waals surface area contributed by atoms with Gasteiger partial charge in [0.1, 0.15) is 0 Å². The van der Waals surface area contributed by atoms with E-state index in [4.69, 9.17) is 0 Å². The molecule has 0 aliphatic rings. The first-order valence-corrected chi connectivity index (χ1v) is 6.68. The van der Waals surface area contributed by atoms with Gasteiger partial charge < -0.3 is 5.32 Å². The first kappa shape index (κ1) is 13.5. The second-order valence-electron chi connectivity index (χ2n) is 4.44. The Balaban J connectivity index is 2.28. The highest BCUT2D eigenvalue weighted by atomic mass is 14.9. The molecule has 1 N–H and O–H groups in total. The number of fused-ring (bicyclic) bond motifs is 1. The lowest BCUT2D eigenvalue weighted by atomic mass is 10.0. The predicted octanol–water partition coefficient (Wildman–Crippen LogP) is 3.08. The first-order valence-electron chi connectivity index (χ1n) is 6.68. The molecule has 98 valence electrons. The molecule has 0 aliphatic heterocycles. The van der Waals surface area contributed by atoms with Gasteiger partial charge in [-0.15, -0.1) is 11.8 Å². The summed E-state index contributed by atoms with van der Waals surface area (Å²) in [5.74, 6) is 6.12. The Morgan fingerprint density at radius 3 is 2.74 bits per heavy atom. The van der Waals surface area contributed by atoms with E-state index in [1.54, 1.807) is 12.4 Å². The molecule has 1 heterocycles. The van der Waals surface area contributed by atoms with Crippen molar-refractivity contribution in [3.05, 3.63) is 36.2 Å². The number of nitrogens with one attached hydrogen (secondary N) is 1. The molecule has 1 aromatic carbocycles. The molecule has 19 heavy (non-hydrogen) atoms. The van der Waals surface area contributed by atoms with Crippen LogP contribution < -0.4 is 5.32 Å². The van der Waals surface area contributed by atoms with Crippen LogP contribution in [0.15, 0.2) is 30.6 Å². The Morgan fingerprint density at radius 1 is 1.21 bits per heavy atom. The third-order valence-corrected chi connectivity index (χ3v) is 3.02. The van der Waals surface area contributed by atoms with Gasteiger partial charge in [0.2, 0.25) is 0 Å². The number of benzene rings is 1. The fourth-order valence-electron chi connectivity index (χ4n) is 2.03. The minimum atomic E-state index is 0.263. The zero-order valence-corrected chi connectivity index (χ0v) is 11.5. The van der Waals surface area contributed by atoms with Crippen molar-refractivity contribution in [3.8, 4) is 11.8 Å². The van der Waals surface area contributed by atoms with E-state index < -0.39 is 0 Å². The zero-order chi connectivity index (χ0) is 13.5. The Bertz CT molecular complexity index is 595. The van der Waals surface area contributed by atoms with Crippen molar-refractivity contribution in [1.29, 1.82) is 0 Å². The molecule has 3 heteroatoms. The highest BCUT2D eigenvalue weighted by molar-refractivity contribution is 5.74. The average molecular weight is 253 g/mol. The molecule has 0 fully saturated rings. The van der Waals surface area contributed by atoms with E-state index in [0.717, 1.165) is 30.4 Å². The molecule has 1 aromatic heterocycles. The summed E-state index contributed by atoms with van der Waals surface area (Å²) in [6.07, 6.45) is 5.38. The number of nitrogens with zero attached hydrogens (tertiary/aromatic N) is 2. The molecule has 3 nitrogen and oxygen atoms in total. The normalized spacial score (nSPS) is 11.9. The summed E-state index contributed by atoms with van der Waals surface area (Å²) < 4.78 is 0. The van der Waals surface area contributed by atoms with Crippen LogP contribution in [0.2, 0.25) is 0 Å². The fraction of sp³-hybridized carbons (Fsp3) is 0.375. The van der Waals surface area contributed by atoms with Crippen molar-refractivity contribution in [1.82, 2.24) is 15.3 Å². The monoisotopic (exact) mass is 253 g/mol. The molecule has 0 radical (unpaired) electrons. The van der Waals surface area contributed by atoms with Gasteiger partial charge in [-0.3, -0.25) is 9.97 Å². The van der Waals surface area contributed by atoms with Gasteiger partial charge in [0.25, 0.3) is 0 Å². The van der Waals surface area contributed by atoms with Crippen LogP contribution in [-0.2, 0) is 0 Å². The van der Waals surface area contributed by atoms with Gasteiger partial charge in [-0.05, 0) is 37.6 Å². The maximum absolute atomic E-state index is 4.36. The minimum Gasteiger partial charge on any atom is -0.309 e. The van der Waals surface area contributed by atoms with E-state index in [-0.39, 0.29) is 6.04 Å². The van der Waals surface area contributed by atoms with Crippen LogP contribution in [0, 0.1) is 11.8 Å². The maximum atomic E-state index is 4.36. The smallest absolute Gasteiger partial charge is 0.0890 e. The predicted molar refractivity (Wildman–Crippen MR) is 78.6 cm³/mol. The molecule has 2 aromatic rings. The van der Waals surface area contributed by atoms with Crippen molar-refractivity contribution in [2.75, 3.05) is 6.54 Å². The van der Waals surface area contributed by atoms with Gasteiger partial charge >= 0.3 is 0 Å². The lowest BCUT2D eigenvalue weighted by Crippen LogP contribution is -2.21. The van der Waals surface area contributed by atoms with Crippen LogP contribution in [0.4, 0.5) is 0 Å². The van der Waals surface area contributed by atoms with Gasteiger partial charge in [-0.2, -0.15) is 0 Å². The second-order valence-corrected chi connectivity index (χ2v) is 4.44. The van der Waals surface area contributed by atoms with Crippen LogP contribution in [0.3, 0.4) is 0 Å². The standard InChI is InChI=1S/C16H19N3/c1-3-5-6-14(17-9-4-2)13-7-8-15-16(12-13)19-11-10-18-15/h7-8,10-12,14,17H,4,6,9H2,1-2H3. The minimum absolute atomic E-state index is 0.263. The van der Waals surface area contributed by atoms with Crippen molar-refractivity contribution in [2.24, 2.45) is 0 Å². The Morgan fingerprint density at radius 2 is 2.00 bits per heavy atom. The molecule has 2 rings (SSSR count). The number of hydrogen-bond donors (Lipinski definition) is 1. The molecular weight excluding hydrogens is 234 g/mol. The van der Waals surface area contributed by atoms with E-state index in [2.05, 4.69) is 46.2 Å². The molecule has 1 unspecified atom stereocenters. The van der Waals surface area contributed by atoms with Crippen LogP contribution in [0.25, 0.3) is 11.0 Å². The van der Waals surface area contributed by atoms with Crippen molar-refractivity contribution in [3.63, 3.8) is 0 Å². The summed E-state index contributed by atoms with van der Waals surface area (Å²) in [5.41, 5.74) is 3.10. The van der Waals surface area contributed by atoms with E-state index in [1.807, 2.05) is 13.0 Å².